The third-order valence-electron chi connectivity index (χ3n) is 4.89. The maximum absolute atomic E-state index is 12.8. The predicted molar refractivity (Wildman–Crippen MR) is 119 cm³/mol. The normalized spacial score (nSPS) is 22.5. The van der Waals surface area contributed by atoms with Crippen LogP contribution in [0.15, 0.2) is 29.3 Å². The van der Waals surface area contributed by atoms with Crippen LogP contribution in [0.5, 0.6) is 5.75 Å². The SMILES string of the molecule is CCNC(=NCCOc1cccc(C(F)(F)F)c1)N1CCOC(C2CCCO2)C1.I. The zero-order valence-corrected chi connectivity index (χ0v) is 19.3. The molecule has 1 N–H and O–H groups in total. The van der Waals surface area contributed by atoms with Crippen molar-refractivity contribution in [1.82, 2.24) is 10.2 Å². The highest BCUT2D eigenvalue weighted by molar-refractivity contribution is 14.0. The predicted octanol–water partition coefficient (Wildman–Crippen LogP) is 3.55. The Morgan fingerprint density at radius 1 is 1.27 bits per heavy atom. The van der Waals surface area contributed by atoms with Crippen molar-refractivity contribution in [2.24, 2.45) is 4.99 Å². The van der Waals surface area contributed by atoms with Gasteiger partial charge in [-0.3, -0.25) is 0 Å². The van der Waals surface area contributed by atoms with Crippen molar-refractivity contribution >= 4 is 29.9 Å². The smallest absolute Gasteiger partial charge is 0.416 e. The summed E-state index contributed by atoms with van der Waals surface area (Å²) >= 11 is 0. The molecule has 10 heteroatoms. The molecule has 2 saturated heterocycles. The van der Waals surface area contributed by atoms with E-state index < -0.39 is 11.7 Å². The Kier molecular flexibility index (Phi) is 9.95. The van der Waals surface area contributed by atoms with Crippen molar-refractivity contribution in [2.75, 3.05) is 46.0 Å². The van der Waals surface area contributed by atoms with Crippen LogP contribution in [0.1, 0.15) is 25.3 Å². The maximum Gasteiger partial charge on any atom is 0.416 e. The summed E-state index contributed by atoms with van der Waals surface area (Å²) in [6.07, 6.45) is -2.16. The molecule has 0 spiro atoms. The van der Waals surface area contributed by atoms with E-state index in [1.807, 2.05) is 6.92 Å². The molecule has 2 heterocycles. The van der Waals surface area contributed by atoms with Gasteiger partial charge < -0.3 is 24.4 Å². The lowest BCUT2D eigenvalue weighted by Crippen LogP contribution is -2.53. The highest BCUT2D eigenvalue weighted by Gasteiger charge is 2.32. The average molecular weight is 543 g/mol. The summed E-state index contributed by atoms with van der Waals surface area (Å²) < 4.78 is 55.4. The molecule has 0 radical (unpaired) electrons. The Morgan fingerprint density at radius 2 is 2.07 bits per heavy atom. The molecular weight excluding hydrogens is 514 g/mol. The molecule has 30 heavy (non-hydrogen) atoms. The van der Waals surface area contributed by atoms with E-state index >= 15 is 0 Å². The monoisotopic (exact) mass is 543 g/mol. The van der Waals surface area contributed by atoms with Crippen molar-refractivity contribution in [3.05, 3.63) is 29.8 Å². The minimum Gasteiger partial charge on any atom is -0.492 e. The molecule has 0 bridgehead atoms. The minimum absolute atomic E-state index is 0. The number of ether oxygens (including phenoxy) is 3. The van der Waals surface area contributed by atoms with Gasteiger partial charge in [-0.15, -0.1) is 24.0 Å². The second kappa shape index (κ2) is 11.9. The Labute approximate surface area is 192 Å². The molecular formula is C20H29F3IN3O3. The molecule has 6 nitrogen and oxygen atoms in total. The van der Waals surface area contributed by atoms with E-state index in [0.29, 0.717) is 19.7 Å². The van der Waals surface area contributed by atoms with Crippen LogP contribution in [-0.4, -0.2) is 69.1 Å². The van der Waals surface area contributed by atoms with Crippen LogP contribution >= 0.6 is 24.0 Å². The number of aliphatic imine (C=N–C) groups is 1. The van der Waals surface area contributed by atoms with E-state index in [2.05, 4.69) is 15.2 Å². The standard InChI is InChI=1S/C20H28F3N3O3.HI/c1-2-24-19(26-9-12-29-18(14-26)17-7-4-10-28-17)25-8-11-27-16-6-3-5-15(13-16)20(21,22)23;/h3,5-6,13,17-18H,2,4,7-12,14H2,1H3,(H,24,25);1H. The van der Waals surface area contributed by atoms with Gasteiger partial charge in [-0.2, -0.15) is 13.2 Å². The number of guanidine groups is 1. The third-order valence-corrected chi connectivity index (χ3v) is 4.89. The first kappa shape index (κ1) is 25.0. The number of nitrogens with one attached hydrogen (secondary N) is 1. The fourth-order valence-corrected chi connectivity index (χ4v) is 3.49. The van der Waals surface area contributed by atoms with Crippen LogP contribution in [0.3, 0.4) is 0 Å². The Morgan fingerprint density at radius 3 is 2.77 bits per heavy atom. The van der Waals surface area contributed by atoms with E-state index in [9.17, 15) is 13.2 Å². The number of morpholine rings is 1. The van der Waals surface area contributed by atoms with Gasteiger partial charge in [-0.1, -0.05) is 6.07 Å². The lowest BCUT2D eigenvalue weighted by molar-refractivity contribution is -0.137. The van der Waals surface area contributed by atoms with E-state index in [1.165, 1.54) is 12.1 Å². The van der Waals surface area contributed by atoms with Gasteiger partial charge in [0.15, 0.2) is 5.96 Å². The molecule has 2 aliphatic heterocycles. The molecule has 2 aliphatic rings. The largest absolute Gasteiger partial charge is 0.492 e. The Hall–Kier alpha value is -1.27. The first-order valence-corrected chi connectivity index (χ1v) is 10.0. The molecule has 2 unspecified atom stereocenters. The second-order valence-corrected chi connectivity index (χ2v) is 7.02. The summed E-state index contributed by atoms with van der Waals surface area (Å²) in [5, 5.41) is 3.27. The number of alkyl halides is 3. The van der Waals surface area contributed by atoms with Gasteiger partial charge in [0.1, 0.15) is 18.5 Å². The van der Waals surface area contributed by atoms with Crippen LogP contribution in [0.2, 0.25) is 0 Å². The number of rotatable bonds is 6. The fraction of sp³-hybridized carbons (Fsp3) is 0.650. The van der Waals surface area contributed by atoms with Gasteiger partial charge in [0.05, 0.1) is 24.8 Å². The molecule has 170 valence electrons. The van der Waals surface area contributed by atoms with Crippen LogP contribution in [0.25, 0.3) is 0 Å². The molecule has 3 rings (SSSR count). The Bertz CT molecular complexity index is 685. The summed E-state index contributed by atoms with van der Waals surface area (Å²) in [4.78, 5) is 6.71. The average Bonchev–Trinajstić information content (AvgIpc) is 3.25. The van der Waals surface area contributed by atoms with Gasteiger partial charge in [0, 0.05) is 26.2 Å². The summed E-state index contributed by atoms with van der Waals surface area (Å²) in [6.45, 7) is 6.05. The summed E-state index contributed by atoms with van der Waals surface area (Å²) in [6, 6.07) is 4.88. The summed E-state index contributed by atoms with van der Waals surface area (Å²) in [7, 11) is 0. The molecule has 0 saturated carbocycles. The lowest BCUT2D eigenvalue weighted by Gasteiger charge is -2.37. The van der Waals surface area contributed by atoms with Crippen molar-refractivity contribution in [1.29, 1.82) is 0 Å². The molecule has 1 aromatic carbocycles. The maximum atomic E-state index is 12.8. The van der Waals surface area contributed by atoms with Crippen LogP contribution in [0.4, 0.5) is 13.2 Å². The molecule has 2 fully saturated rings. The Balaban J connectivity index is 0.00000320. The van der Waals surface area contributed by atoms with Crippen molar-refractivity contribution < 1.29 is 27.4 Å². The van der Waals surface area contributed by atoms with Crippen molar-refractivity contribution in [2.45, 2.75) is 38.1 Å². The first-order chi connectivity index (χ1) is 14.0. The van der Waals surface area contributed by atoms with E-state index in [0.717, 1.165) is 50.6 Å². The minimum atomic E-state index is -4.38. The quantitative estimate of drug-likeness (QED) is 0.258. The number of benzene rings is 1. The molecule has 1 aromatic rings. The second-order valence-electron chi connectivity index (χ2n) is 7.02. The van der Waals surface area contributed by atoms with Gasteiger partial charge >= 0.3 is 6.18 Å². The zero-order chi connectivity index (χ0) is 20.7. The van der Waals surface area contributed by atoms with Gasteiger partial charge in [0.25, 0.3) is 0 Å². The summed E-state index contributed by atoms with van der Waals surface area (Å²) in [5.74, 6) is 0.941. The summed E-state index contributed by atoms with van der Waals surface area (Å²) in [5.41, 5.74) is -0.722. The van der Waals surface area contributed by atoms with Crippen LogP contribution in [0, 0.1) is 0 Å². The highest BCUT2D eigenvalue weighted by atomic mass is 127. The third kappa shape index (κ3) is 7.16. The zero-order valence-electron chi connectivity index (χ0n) is 17.0. The topological polar surface area (TPSA) is 55.3 Å². The molecule has 0 amide bonds. The fourth-order valence-electron chi connectivity index (χ4n) is 3.49. The van der Waals surface area contributed by atoms with Gasteiger partial charge in [-0.25, -0.2) is 4.99 Å². The molecule has 0 aromatic heterocycles. The number of halogens is 4. The van der Waals surface area contributed by atoms with E-state index in [1.54, 1.807) is 0 Å². The van der Waals surface area contributed by atoms with Gasteiger partial charge in [0.2, 0.25) is 0 Å². The van der Waals surface area contributed by atoms with Gasteiger partial charge in [-0.05, 0) is 38.0 Å². The lowest BCUT2D eigenvalue weighted by atomic mass is 10.1. The van der Waals surface area contributed by atoms with E-state index in [4.69, 9.17) is 14.2 Å². The highest BCUT2D eigenvalue weighted by Crippen LogP contribution is 2.31. The molecule has 2 atom stereocenters. The number of hydrogen-bond acceptors (Lipinski definition) is 4. The van der Waals surface area contributed by atoms with Crippen LogP contribution in [-0.2, 0) is 15.7 Å². The van der Waals surface area contributed by atoms with Crippen molar-refractivity contribution in [3.63, 3.8) is 0 Å². The molecule has 0 aliphatic carbocycles. The van der Waals surface area contributed by atoms with Crippen LogP contribution < -0.4 is 10.1 Å². The number of nitrogens with zero attached hydrogens (tertiary/aromatic N) is 2. The van der Waals surface area contributed by atoms with Crippen molar-refractivity contribution in [3.8, 4) is 5.75 Å². The van der Waals surface area contributed by atoms with E-state index in [-0.39, 0.29) is 48.5 Å². The first-order valence-electron chi connectivity index (χ1n) is 10.0. The number of hydrogen-bond donors (Lipinski definition) is 1.